The van der Waals surface area contributed by atoms with E-state index in [1.54, 1.807) is 7.05 Å². The Labute approximate surface area is 155 Å². The Morgan fingerprint density at radius 2 is 2.04 bits per heavy atom. The summed E-state index contributed by atoms with van der Waals surface area (Å²) in [6.45, 7) is 4.70. The maximum atomic E-state index is 12.5. The molecule has 1 aliphatic heterocycles. The zero-order valence-corrected chi connectivity index (χ0v) is 16.5. The van der Waals surface area contributed by atoms with Crippen molar-refractivity contribution in [2.75, 3.05) is 13.1 Å². The van der Waals surface area contributed by atoms with Crippen molar-refractivity contribution in [3.63, 3.8) is 0 Å². The Kier molecular flexibility index (Phi) is 7.86. The van der Waals surface area contributed by atoms with Crippen molar-refractivity contribution in [2.24, 2.45) is 18.7 Å². The molecule has 3 N–H and O–H groups in total. The Morgan fingerprint density at radius 3 is 2.52 bits per heavy atom. The standard InChI is InChI=1S/C15H27N5O3S.ClH/c1-4-11(2)14(16)15(21)18-12-5-7-20(8-6-12)24(22,23)13-9-17-19(3)10-13;/h9-12,14H,4-8,16H2,1-3H3,(H,18,21);1H. The first-order chi connectivity index (χ1) is 11.3. The second-order valence-electron chi connectivity index (χ2n) is 6.45. The van der Waals surface area contributed by atoms with Crippen molar-refractivity contribution in [1.29, 1.82) is 0 Å². The van der Waals surface area contributed by atoms with E-state index in [4.69, 9.17) is 5.73 Å². The van der Waals surface area contributed by atoms with Crippen LogP contribution in [0.3, 0.4) is 0 Å². The molecule has 1 aliphatic rings. The molecule has 0 saturated carbocycles. The molecule has 2 heterocycles. The number of amides is 1. The van der Waals surface area contributed by atoms with Gasteiger partial charge in [0.1, 0.15) is 4.90 Å². The molecule has 0 aromatic carbocycles. The number of hydrogen-bond donors (Lipinski definition) is 2. The van der Waals surface area contributed by atoms with Crippen LogP contribution in [-0.4, -0.2) is 53.6 Å². The summed E-state index contributed by atoms with van der Waals surface area (Å²) in [5, 5.41) is 6.86. The molecular formula is C15H28ClN5O3S. The fraction of sp³-hybridized carbons (Fsp3) is 0.733. The van der Waals surface area contributed by atoms with Gasteiger partial charge in [0, 0.05) is 32.4 Å². The molecule has 144 valence electrons. The first kappa shape index (κ1) is 21.9. The number of sulfonamides is 1. The van der Waals surface area contributed by atoms with Crippen LogP contribution in [0, 0.1) is 5.92 Å². The van der Waals surface area contributed by atoms with Gasteiger partial charge in [0.2, 0.25) is 15.9 Å². The average molecular weight is 394 g/mol. The summed E-state index contributed by atoms with van der Waals surface area (Å²) in [5.74, 6) is -0.0334. The third kappa shape index (κ3) is 5.16. The van der Waals surface area contributed by atoms with Gasteiger partial charge in [0.15, 0.2) is 0 Å². The normalized spacial score (nSPS) is 19.0. The van der Waals surface area contributed by atoms with Gasteiger partial charge in [-0.3, -0.25) is 9.48 Å². The van der Waals surface area contributed by atoms with Crippen molar-refractivity contribution in [3.8, 4) is 0 Å². The predicted molar refractivity (Wildman–Crippen MR) is 97.8 cm³/mol. The van der Waals surface area contributed by atoms with E-state index in [9.17, 15) is 13.2 Å². The van der Waals surface area contributed by atoms with Crippen molar-refractivity contribution in [1.82, 2.24) is 19.4 Å². The lowest BCUT2D eigenvalue weighted by Crippen LogP contribution is -2.52. The number of carbonyl (C=O) groups excluding carboxylic acids is 1. The minimum atomic E-state index is -3.51. The van der Waals surface area contributed by atoms with Crippen LogP contribution < -0.4 is 11.1 Å². The van der Waals surface area contributed by atoms with Crippen LogP contribution in [0.15, 0.2) is 17.3 Å². The molecule has 0 bridgehead atoms. The summed E-state index contributed by atoms with van der Waals surface area (Å²) in [6.07, 6.45) is 4.86. The van der Waals surface area contributed by atoms with E-state index in [1.807, 2.05) is 13.8 Å². The largest absolute Gasteiger partial charge is 0.352 e. The molecule has 2 rings (SSSR count). The smallest absolute Gasteiger partial charge is 0.246 e. The quantitative estimate of drug-likeness (QED) is 0.730. The van der Waals surface area contributed by atoms with Crippen LogP contribution in [0.1, 0.15) is 33.1 Å². The summed E-state index contributed by atoms with van der Waals surface area (Å²) >= 11 is 0. The number of nitrogens with one attached hydrogen (secondary N) is 1. The molecule has 2 atom stereocenters. The van der Waals surface area contributed by atoms with Gasteiger partial charge >= 0.3 is 0 Å². The summed E-state index contributed by atoms with van der Waals surface area (Å²) in [5.41, 5.74) is 5.94. The molecule has 1 saturated heterocycles. The Hall–Kier alpha value is -1.16. The van der Waals surface area contributed by atoms with Crippen LogP contribution >= 0.6 is 12.4 Å². The summed E-state index contributed by atoms with van der Waals surface area (Å²) < 4.78 is 28.0. The number of aromatic nitrogens is 2. The number of nitrogens with zero attached hydrogens (tertiary/aromatic N) is 3. The van der Waals surface area contributed by atoms with E-state index in [0.29, 0.717) is 25.9 Å². The van der Waals surface area contributed by atoms with E-state index in [1.165, 1.54) is 21.4 Å². The fourth-order valence-corrected chi connectivity index (χ4v) is 4.19. The van der Waals surface area contributed by atoms with Crippen molar-refractivity contribution in [3.05, 3.63) is 12.4 Å². The predicted octanol–water partition coefficient (Wildman–Crippen LogP) is 0.485. The highest BCUT2D eigenvalue weighted by atomic mass is 35.5. The number of halogens is 1. The number of rotatable bonds is 6. The van der Waals surface area contributed by atoms with Crippen LogP contribution in [0.2, 0.25) is 0 Å². The molecule has 2 unspecified atom stereocenters. The molecule has 1 aromatic heterocycles. The van der Waals surface area contributed by atoms with Crippen molar-refractivity contribution in [2.45, 2.75) is 50.1 Å². The molecule has 0 aliphatic carbocycles. The zero-order valence-electron chi connectivity index (χ0n) is 14.9. The highest BCUT2D eigenvalue weighted by Gasteiger charge is 2.31. The Balaban J connectivity index is 0.00000312. The third-order valence-corrected chi connectivity index (χ3v) is 6.53. The third-order valence-electron chi connectivity index (χ3n) is 4.68. The number of piperidine rings is 1. The number of carbonyl (C=O) groups is 1. The number of hydrogen-bond acceptors (Lipinski definition) is 5. The summed E-state index contributed by atoms with van der Waals surface area (Å²) in [7, 11) is -1.83. The monoisotopic (exact) mass is 393 g/mol. The lowest BCUT2D eigenvalue weighted by Gasteiger charge is -2.32. The number of aryl methyl sites for hydroxylation is 1. The van der Waals surface area contributed by atoms with Gasteiger partial charge in [-0.2, -0.15) is 9.40 Å². The minimum Gasteiger partial charge on any atom is -0.352 e. The molecule has 0 spiro atoms. The Morgan fingerprint density at radius 1 is 1.44 bits per heavy atom. The molecular weight excluding hydrogens is 366 g/mol. The maximum Gasteiger partial charge on any atom is 0.246 e. The molecule has 8 nitrogen and oxygen atoms in total. The van der Waals surface area contributed by atoms with Gasteiger partial charge in [0.05, 0.1) is 12.2 Å². The molecule has 1 amide bonds. The van der Waals surface area contributed by atoms with Gasteiger partial charge in [-0.05, 0) is 18.8 Å². The topological polar surface area (TPSA) is 110 Å². The van der Waals surface area contributed by atoms with Gasteiger partial charge in [0.25, 0.3) is 0 Å². The van der Waals surface area contributed by atoms with E-state index in [2.05, 4.69) is 10.4 Å². The van der Waals surface area contributed by atoms with Gasteiger partial charge in [-0.1, -0.05) is 20.3 Å². The highest BCUT2D eigenvalue weighted by Crippen LogP contribution is 2.20. The summed E-state index contributed by atoms with van der Waals surface area (Å²) in [4.78, 5) is 12.3. The summed E-state index contributed by atoms with van der Waals surface area (Å²) in [6, 6.07) is -0.555. The first-order valence-corrected chi connectivity index (χ1v) is 9.74. The van der Waals surface area contributed by atoms with Crippen LogP contribution in [0.25, 0.3) is 0 Å². The van der Waals surface area contributed by atoms with Gasteiger partial charge < -0.3 is 11.1 Å². The molecule has 25 heavy (non-hydrogen) atoms. The fourth-order valence-electron chi connectivity index (χ4n) is 2.73. The van der Waals surface area contributed by atoms with E-state index in [-0.39, 0.29) is 35.2 Å². The van der Waals surface area contributed by atoms with Crippen molar-refractivity contribution < 1.29 is 13.2 Å². The second kappa shape index (κ2) is 8.98. The lowest BCUT2D eigenvalue weighted by atomic mass is 9.98. The molecule has 1 aromatic rings. The zero-order chi connectivity index (χ0) is 17.9. The molecule has 0 radical (unpaired) electrons. The van der Waals surface area contributed by atoms with Crippen LogP contribution in [-0.2, 0) is 21.9 Å². The van der Waals surface area contributed by atoms with Crippen molar-refractivity contribution >= 4 is 28.3 Å². The molecule has 10 heteroatoms. The van der Waals surface area contributed by atoms with E-state index in [0.717, 1.165) is 6.42 Å². The number of nitrogens with two attached hydrogens (primary N) is 1. The highest BCUT2D eigenvalue weighted by molar-refractivity contribution is 7.89. The van der Waals surface area contributed by atoms with Crippen LogP contribution in [0.5, 0.6) is 0 Å². The first-order valence-electron chi connectivity index (χ1n) is 8.30. The van der Waals surface area contributed by atoms with E-state index < -0.39 is 16.1 Å². The maximum absolute atomic E-state index is 12.5. The lowest BCUT2D eigenvalue weighted by molar-refractivity contribution is -0.124. The second-order valence-corrected chi connectivity index (χ2v) is 8.39. The SMILES string of the molecule is CCC(C)C(N)C(=O)NC1CCN(S(=O)(=O)c2cnn(C)c2)CC1.Cl. The minimum absolute atomic E-state index is 0. The average Bonchev–Trinajstić information content (AvgIpc) is 3.01. The van der Waals surface area contributed by atoms with Gasteiger partial charge in [-0.15, -0.1) is 12.4 Å². The van der Waals surface area contributed by atoms with Crippen LogP contribution in [0.4, 0.5) is 0 Å². The molecule has 1 fully saturated rings. The Bertz CT molecular complexity index is 670. The van der Waals surface area contributed by atoms with Gasteiger partial charge in [-0.25, -0.2) is 8.42 Å². The van der Waals surface area contributed by atoms with E-state index >= 15 is 0 Å².